The normalized spacial score (nSPS) is 12.1. The van der Waals surface area contributed by atoms with Gasteiger partial charge in [0.25, 0.3) is 10.0 Å². The van der Waals surface area contributed by atoms with E-state index in [2.05, 4.69) is 5.32 Å². The van der Waals surface area contributed by atoms with Crippen LogP contribution in [0.5, 0.6) is 0 Å². The van der Waals surface area contributed by atoms with Crippen LogP contribution in [0, 0.1) is 0 Å². The lowest BCUT2D eigenvalue weighted by Crippen LogP contribution is -2.51. The number of anilines is 1. The second-order valence-electron chi connectivity index (χ2n) is 8.22. The topological polar surface area (TPSA) is 86.8 Å². The molecule has 3 aromatic rings. The van der Waals surface area contributed by atoms with Gasteiger partial charge in [-0.15, -0.1) is 0 Å². The molecule has 0 bridgehead atoms. The third-order valence-corrected chi connectivity index (χ3v) is 8.90. The fourth-order valence-corrected chi connectivity index (χ4v) is 6.00. The largest absolute Gasteiger partial charge is 0.357 e. The minimum Gasteiger partial charge on any atom is -0.357 e. The molecule has 7 nitrogen and oxygen atoms in total. The van der Waals surface area contributed by atoms with Crippen LogP contribution in [0.25, 0.3) is 0 Å². The van der Waals surface area contributed by atoms with Gasteiger partial charge >= 0.3 is 0 Å². The Morgan fingerprint density at radius 3 is 2.16 bits per heavy atom. The van der Waals surface area contributed by atoms with Crippen molar-refractivity contribution in [3.63, 3.8) is 0 Å². The maximum absolute atomic E-state index is 13.9. The van der Waals surface area contributed by atoms with Gasteiger partial charge in [-0.3, -0.25) is 13.9 Å². The molecule has 3 rings (SSSR count). The lowest BCUT2D eigenvalue weighted by Gasteiger charge is -2.33. The summed E-state index contributed by atoms with van der Waals surface area (Å²) in [6.45, 7) is 1.08. The van der Waals surface area contributed by atoms with Gasteiger partial charge in [-0.1, -0.05) is 77.6 Å². The second kappa shape index (κ2) is 13.0. The Labute approximate surface area is 242 Å². The molecule has 0 aliphatic heterocycles. The van der Waals surface area contributed by atoms with Crippen molar-refractivity contribution in [3.05, 3.63) is 92.4 Å². The maximum Gasteiger partial charge on any atom is 0.264 e. The summed E-state index contributed by atoms with van der Waals surface area (Å²) in [5, 5.41) is 3.62. The van der Waals surface area contributed by atoms with E-state index in [0.29, 0.717) is 15.6 Å². The van der Waals surface area contributed by atoms with E-state index in [-0.39, 0.29) is 33.6 Å². The van der Waals surface area contributed by atoms with Crippen molar-refractivity contribution >= 4 is 73.9 Å². The number of rotatable bonds is 10. The Morgan fingerprint density at radius 1 is 0.895 bits per heavy atom. The van der Waals surface area contributed by atoms with Crippen molar-refractivity contribution in [2.24, 2.45) is 0 Å². The molecule has 0 heterocycles. The van der Waals surface area contributed by atoms with Crippen molar-refractivity contribution in [1.29, 1.82) is 0 Å². The molecule has 1 unspecified atom stereocenters. The van der Waals surface area contributed by atoms with Crippen LogP contribution in [0.1, 0.15) is 18.9 Å². The van der Waals surface area contributed by atoms with E-state index < -0.39 is 34.4 Å². The number of carbonyl (C=O) groups excluding carboxylic acids is 2. The summed E-state index contributed by atoms with van der Waals surface area (Å²) in [6.07, 6.45) is 0.273. The van der Waals surface area contributed by atoms with Gasteiger partial charge in [-0.05, 0) is 54.4 Å². The van der Waals surface area contributed by atoms with Gasteiger partial charge in [0.1, 0.15) is 12.6 Å². The van der Waals surface area contributed by atoms with Crippen LogP contribution in [0.2, 0.25) is 20.1 Å². The Hall–Kier alpha value is -2.49. The molecule has 0 aliphatic rings. The Kier molecular flexibility index (Phi) is 10.3. The highest BCUT2D eigenvalue weighted by Gasteiger charge is 2.33. The van der Waals surface area contributed by atoms with E-state index >= 15 is 0 Å². The molecule has 3 aromatic carbocycles. The summed E-state index contributed by atoms with van der Waals surface area (Å²) >= 11 is 24.7. The number of amides is 2. The minimum atomic E-state index is -4.22. The average molecular weight is 617 g/mol. The molecule has 0 radical (unpaired) electrons. The lowest BCUT2D eigenvalue weighted by atomic mass is 10.1. The van der Waals surface area contributed by atoms with Crippen molar-refractivity contribution in [1.82, 2.24) is 10.2 Å². The summed E-state index contributed by atoms with van der Waals surface area (Å²) in [4.78, 5) is 27.9. The van der Waals surface area contributed by atoms with E-state index in [1.54, 1.807) is 37.3 Å². The summed E-state index contributed by atoms with van der Waals surface area (Å²) in [6, 6.07) is 15.9. The fraction of sp³-hybridized carbons (Fsp3) is 0.231. The quantitative estimate of drug-likeness (QED) is 0.300. The number of hydrogen-bond acceptors (Lipinski definition) is 4. The fourth-order valence-electron chi connectivity index (χ4n) is 3.81. The molecule has 1 N–H and O–H groups in total. The van der Waals surface area contributed by atoms with Crippen molar-refractivity contribution in [2.75, 3.05) is 17.9 Å². The third-order valence-electron chi connectivity index (χ3n) is 5.79. The number of likely N-dealkylation sites (N-methyl/N-ethyl adjacent to an activating group) is 1. The van der Waals surface area contributed by atoms with Crippen LogP contribution in [-0.2, 0) is 26.2 Å². The zero-order valence-electron chi connectivity index (χ0n) is 20.5. The molecule has 0 aliphatic carbocycles. The van der Waals surface area contributed by atoms with E-state index in [1.807, 2.05) is 0 Å². The molecule has 0 spiro atoms. The summed E-state index contributed by atoms with van der Waals surface area (Å²) in [7, 11) is -2.75. The minimum absolute atomic E-state index is 0.0236. The van der Waals surface area contributed by atoms with E-state index in [1.165, 1.54) is 48.3 Å². The monoisotopic (exact) mass is 615 g/mol. The predicted octanol–water partition coefficient (Wildman–Crippen LogP) is 6.05. The first-order chi connectivity index (χ1) is 18.0. The standard InChI is InChI=1S/C26H25Cl4N3O4S/c1-3-24(26(35)31-2)32(15-17-9-10-18(27)13-22(17)29)25(34)16-33(19-11-12-21(28)23(30)14-19)38(36,37)20-7-5-4-6-8-20/h4-14,24H,3,15-16H2,1-2H3,(H,31,35). The molecule has 12 heteroatoms. The number of benzene rings is 3. The van der Waals surface area contributed by atoms with Gasteiger partial charge in [0.05, 0.1) is 20.6 Å². The van der Waals surface area contributed by atoms with Gasteiger partial charge in [-0.25, -0.2) is 8.42 Å². The zero-order chi connectivity index (χ0) is 28.0. The van der Waals surface area contributed by atoms with Crippen LogP contribution in [0.3, 0.4) is 0 Å². The number of carbonyl (C=O) groups is 2. The Bertz CT molecular complexity index is 1420. The van der Waals surface area contributed by atoms with Gasteiger partial charge < -0.3 is 10.2 Å². The molecular formula is C26H25Cl4N3O4S. The highest BCUT2D eigenvalue weighted by Crippen LogP contribution is 2.31. The highest BCUT2D eigenvalue weighted by molar-refractivity contribution is 7.92. The molecule has 38 heavy (non-hydrogen) atoms. The SMILES string of the molecule is CCC(C(=O)NC)N(Cc1ccc(Cl)cc1Cl)C(=O)CN(c1ccc(Cl)c(Cl)c1)S(=O)(=O)c1ccccc1. The summed E-state index contributed by atoms with van der Waals surface area (Å²) in [5.74, 6) is -1.03. The third kappa shape index (κ3) is 6.93. The zero-order valence-corrected chi connectivity index (χ0v) is 24.3. The molecular weight excluding hydrogens is 592 g/mol. The number of sulfonamides is 1. The number of nitrogens with zero attached hydrogens (tertiary/aromatic N) is 2. The van der Waals surface area contributed by atoms with Crippen molar-refractivity contribution in [3.8, 4) is 0 Å². The second-order valence-corrected chi connectivity index (χ2v) is 11.7. The van der Waals surface area contributed by atoms with Gasteiger partial charge in [-0.2, -0.15) is 0 Å². The van der Waals surface area contributed by atoms with E-state index in [0.717, 1.165) is 4.31 Å². The smallest absolute Gasteiger partial charge is 0.264 e. The van der Waals surface area contributed by atoms with Crippen LogP contribution >= 0.6 is 46.4 Å². The molecule has 202 valence electrons. The van der Waals surface area contributed by atoms with E-state index in [9.17, 15) is 18.0 Å². The van der Waals surface area contributed by atoms with Gasteiger partial charge in [0.2, 0.25) is 11.8 Å². The Balaban J connectivity index is 2.09. The molecule has 0 fully saturated rings. The summed E-state index contributed by atoms with van der Waals surface area (Å²) < 4.78 is 28.4. The lowest BCUT2D eigenvalue weighted by molar-refractivity contribution is -0.140. The van der Waals surface area contributed by atoms with Crippen LogP contribution in [0.15, 0.2) is 71.6 Å². The maximum atomic E-state index is 13.9. The number of nitrogens with one attached hydrogen (secondary N) is 1. The van der Waals surface area contributed by atoms with E-state index in [4.69, 9.17) is 46.4 Å². The first-order valence-electron chi connectivity index (χ1n) is 11.5. The Morgan fingerprint density at radius 2 is 1.58 bits per heavy atom. The van der Waals surface area contributed by atoms with Crippen molar-refractivity contribution in [2.45, 2.75) is 30.8 Å². The highest BCUT2D eigenvalue weighted by atomic mass is 35.5. The first kappa shape index (κ1) is 30.1. The van der Waals surface area contributed by atoms with Crippen molar-refractivity contribution < 1.29 is 18.0 Å². The van der Waals surface area contributed by atoms with Gasteiger partial charge in [0, 0.05) is 23.6 Å². The molecule has 0 aromatic heterocycles. The number of halogens is 4. The first-order valence-corrected chi connectivity index (χ1v) is 14.4. The van der Waals surface area contributed by atoms with Crippen LogP contribution < -0.4 is 9.62 Å². The average Bonchev–Trinajstić information content (AvgIpc) is 2.90. The van der Waals surface area contributed by atoms with Crippen LogP contribution in [0.4, 0.5) is 5.69 Å². The molecule has 1 atom stereocenters. The van der Waals surface area contributed by atoms with Crippen LogP contribution in [-0.4, -0.2) is 44.8 Å². The molecule has 2 amide bonds. The summed E-state index contributed by atoms with van der Waals surface area (Å²) in [5.41, 5.74) is 0.674. The number of hydrogen-bond donors (Lipinski definition) is 1. The molecule has 0 saturated heterocycles. The predicted molar refractivity (Wildman–Crippen MR) is 153 cm³/mol. The van der Waals surface area contributed by atoms with Gasteiger partial charge in [0.15, 0.2) is 0 Å². The molecule has 0 saturated carbocycles.